The summed E-state index contributed by atoms with van der Waals surface area (Å²) in [7, 11) is 0. The van der Waals surface area contributed by atoms with Crippen LogP contribution in [-0.4, -0.2) is 54.0 Å². The SMILES string of the molecule is CCCCC(CC)COC(=O)N1CCN(c2nnc(-c3cccs3)s2)CC1. The summed E-state index contributed by atoms with van der Waals surface area (Å²) in [6.07, 6.45) is 4.40. The summed E-state index contributed by atoms with van der Waals surface area (Å²) in [5, 5.41) is 12.6. The Bertz CT molecular complexity index is 696. The number of piperazine rings is 1. The second kappa shape index (κ2) is 10.0. The van der Waals surface area contributed by atoms with Crippen LogP contribution in [0.5, 0.6) is 0 Å². The van der Waals surface area contributed by atoms with Crippen molar-refractivity contribution >= 4 is 33.9 Å². The van der Waals surface area contributed by atoms with Gasteiger partial charge in [-0.15, -0.1) is 21.5 Å². The summed E-state index contributed by atoms with van der Waals surface area (Å²) in [6.45, 7) is 7.76. The number of anilines is 1. The van der Waals surface area contributed by atoms with E-state index in [9.17, 15) is 4.79 Å². The number of hydrogen-bond donors (Lipinski definition) is 0. The largest absolute Gasteiger partial charge is 0.449 e. The monoisotopic (exact) mass is 408 g/mol. The third kappa shape index (κ3) is 5.42. The summed E-state index contributed by atoms with van der Waals surface area (Å²) in [4.78, 5) is 17.5. The van der Waals surface area contributed by atoms with Crippen LogP contribution >= 0.6 is 22.7 Å². The average molecular weight is 409 g/mol. The van der Waals surface area contributed by atoms with Crippen LogP contribution < -0.4 is 4.90 Å². The number of rotatable bonds is 8. The number of carbonyl (C=O) groups is 1. The van der Waals surface area contributed by atoms with E-state index in [0.29, 0.717) is 25.6 Å². The van der Waals surface area contributed by atoms with Crippen LogP contribution in [0.4, 0.5) is 9.93 Å². The van der Waals surface area contributed by atoms with Crippen LogP contribution in [-0.2, 0) is 4.74 Å². The van der Waals surface area contributed by atoms with Gasteiger partial charge in [0, 0.05) is 26.2 Å². The maximum Gasteiger partial charge on any atom is 0.409 e. The van der Waals surface area contributed by atoms with Gasteiger partial charge < -0.3 is 14.5 Å². The first-order chi connectivity index (χ1) is 13.2. The van der Waals surface area contributed by atoms with Gasteiger partial charge in [-0.1, -0.05) is 50.5 Å². The van der Waals surface area contributed by atoms with Crippen LogP contribution in [0, 0.1) is 5.92 Å². The zero-order chi connectivity index (χ0) is 19.1. The lowest BCUT2D eigenvalue weighted by Gasteiger charge is -2.33. The zero-order valence-electron chi connectivity index (χ0n) is 16.1. The van der Waals surface area contributed by atoms with Gasteiger partial charge in [-0.3, -0.25) is 0 Å². The zero-order valence-corrected chi connectivity index (χ0v) is 17.7. The highest BCUT2D eigenvalue weighted by molar-refractivity contribution is 7.22. The molecule has 0 spiro atoms. The van der Waals surface area contributed by atoms with Crippen molar-refractivity contribution in [3.8, 4) is 9.88 Å². The number of hydrogen-bond acceptors (Lipinski definition) is 7. The highest BCUT2D eigenvalue weighted by Crippen LogP contribution is 2.31. The Hall–Kier alpha value is -1.67. The van der Waals surface area contributed by atoms with Crippen molar-refractivity contribution in [3.63, 3.8) is 0 Å². The minimum atomic E-state index is -0.180. The molecule has 1 saturated heterocycles. The number of thiophene rings is 1. The first-order valence-corrected chi connectivity index (χ1v) is 11.4. The molecule has 6 nitrogen and oxygen atoms in total. The second-order valence-electron chi connectivity index (χ2n) is 6.83. The molecule has 8 heteroatoms. The van der Waals surface area contributed by atoms with E-state index in [2.05, 4.69) is 35.0 Å². The van der Waals surface area contributed by atoms with Crippen LogP contribution in [0.15, 0.2) is 17.5 Å². The number of unbranched alkanes of at least 4 members (excludes halogenated alkanes) is 1. The molecule has 1 aliphatic heterocycles. The van der Waals surface area contributed by atoms with Gasteiger partial charge in [0.2, 0.25) is 5.13 Å². The van der Waals surface area contributed by atoms with Crippen molar-refractivity contribution in [1.82, 2.24) is 15.1 Å². The fraction of sp³-hybridized carbons (Fsp3) is 0.632. The highest BCUT2D eigenvalue weighted by Gasteiger charge is 2.25. The first-order valence-electron chi connectivity index (χ1n) is 9.75. The molecule has 0 saturated carbocycles. The Morgan fingerprint density at radius 3 is 2.74 bits per heavy atom. The Kier molecular flexibility index (Phi) is 7.46. The molecular weight excluding hydrogens is 380 g/mol. The molecule has 0 aromatic carbocycles. The summed E-state index contributed by atoms with van der Waals surface area (Å²) < 4.78 is 5.57. The number of amides is 1. The third-order valence-corrected chi connectivity index (χ3v) is 6.96. The minimum Gasteiger partial charge on any atom is -0.449 e. The second-order valence-corrected chi connectivity index (χ2v) is 8.74. The molecule has 3 rings (SSSR count). The quantitative estimate of drug-likeness (QED) is 0.631. The summed E-state index contributed by atoms with van der Waals surface area (Å²) in [5.41, 5.74) is 0. The summed E-state index contributed by atoms with van der Waals surface area (Å²) in [5.74, 6) is 0.479. The average Bonchev–Trinajstić information content (AvgIpc) is 3.39. The summed E-state index contributed by atoms with van der Waals surface area (Å²) >= 11 is 3.29. The van der Waals surface area contributed by atoms with Crippen molar-refractivity contribution in [3.05, 3.63) is 17.5 Å². The normalized spacial score (nSPS) is 15.8. The van der Waals surface area contributed by atoms with Crippen molar-refractivity contribution in [2.75, 3.05) is 37.7 Å². The van der Waals surface area contributed by atoms with E-state index in [1.165, 1.54) is 12.8 Å². The molecular formula is C19H28N4O2S2. The van der Waals surface area contributed by atoms with Crippen LogP contribution in [0.2, 0.25) is 0 Å². The molecule has 0 N–H and O–H groups in total. The smallest absolute Gasteiger partial charge is 0.409 e. The third-order valence-electron chi connectivity index (χ3n) is 4.94. The fourth-order valence-corrected chi connectivity index (χ4v) is 4.79. The molecule has 2 aromatic heterocycles. The van der Waals surface area contributed by atoms with Gasteiger partial charge in [-0.25, -0.2) is 4.79 Å². The van der Waals surface area contributed by atoms with Crippen molar-refractivity contribution in [2.45, 2.75) is 39.5 Å². The van der Waals surface area contributed by atoms with Gasteiger partial charge in [-0.2, -0.15) is 0 Å². The molecule has 0 aliphatic carbocycles. The van der Waals surface area contributed by atoms with E-state index >= 15 is 0 Å². The van der Waals surface area contributed by atoms with Gasteiger partial charge in [0.05, 0.1) is 11.5 Å². The minimum absolute atomic E-state index is 0.180. The molecule has 1 amide bonds. The predicted octanol–water partition coefficient (Wildman–Crippen LogP) is 4.74. The Morgan fingerprint density at radius 1 is 1.26 bits per heavy atom. The Balaban J connectivity index is 1.45. The molecule has 1 atom stereocenters. The number of nitrogens with zero attached hydrogens (tertiary/aromatic N) is 4. The lowest BCUT2D eigenvalue weighted by molar-refractivity contribution is 0.0830. The van der Waals surface area contributed by atoms with E-state index in [4.69, 9.17) is 4.74 Å². The lowest BCUT2D eigenvalue weighted by atomic mass is 10.0. The maximum atomic E-state index is 12.4. The highest BCUT2D eigenvalue weighted by atomic mass is 32.1. The maximum absolute atomic E-state index is 12.4. The van der Waals surface area contributed by atoms with Crippen LogP contribution in [0.3, 0.4) is 0 Å². The molecule has 1 fully saturated rings. The molecule has 3 heterocycles. The molecule has 27 heavy (non-hydrogen) atoms. The molecule has 2 aromatic rings. The number of ether oxygens (including phenoxy) is 1. The predicted molar refractivity (Wildman–Crippen MR) is 112 cm³/mol. The van der Waals surface area contributed by atoms with E-state index in [1.54, 1.807) is 22.7 Å². The van der Waals surface area contributed by atoms with Gasteiger partial charge in [0.1, 0.15) is 0 Å². The van der Waals surface area contributed by atoms with Gasteiger partial charge in [0.15, 0.2) is 5.01 Å². The van der Waals surface area contributed by atoms with Crippen LogP contribution in [0.25, 0.3) is 9.88 Å². The molecule has 1 aliphatic rings. The molecule has 1 unspecified atom stereocenters. The van der Waals surface area contributed by atoms with E-state index < -0.39 is 0 Å². The summed E-state index contributed by atoms with van der Waals surface area (Å²) in [6, 6.07) is 4.09. The lowest BCUT2D eigenvalue weighted by Crippen LogP contribution is -2.49. The van der Waals surface area contributed by atoms with E-state index in [1.807, 2.05) is 16.3 Å². The molecule has 148 valence electrons. The Labute approximate surface area is 169 Å². The number of aromatic nitrogens is 2. The van der Waals surface area contributed by atoms with Crippen molar-refractivity contribution < 1.29 is 9.53 Å². The van der Waals surface area contributed by atoms with Crippen molar-refractivity contribution in [2.24, 2.45) is 5.92 Å². The van der Waals surface area contributed by atoms with Gasteiger partial charge >= 0.3 is 6.09 Å². The van der Waals surface area contributed by atoms with Gasteiger partial charge in [0.25, 0.3) is 0 Å². The van der Waals surface area contributed by atoms with Gasteiger partial charge in [-0.05, 0) is 23.8 Å². The van der Waals surface area contributed by atoms with E-state index in [0.717, 1.165) is 40.9 Å². The number of carbonyl (C=O) groups excluding carboxylic acids is 1. The standard InChI is InChI=1S/C19H28N4O2S2/c1-3-5-7-15(4-2)14-25-19(24)23-11-9-22(10-12-23)18-21-20-17(27-18)16-8-6-13-26-16/h6,8,13,15H,3-5,7,9-12,14H2,1-2H3. The first kappa shape index (κ1) is 20.1. The molecule has 0 radical (unpaired) electrons. The van der Waals surface area contributed by atoms with E-state index in [-0.39, 0.29) is 6.09 Å². The Morgan fingerprint density at radius 2 is 2.07 bits per heavy atom. The van der Waals surface area contributed by atoms with Crippen LogP contribution in [0.1, 0.15) is 39.5 Å². The topological polar surface area (TPSA) is 58.6 Å². The molecule has 0 bridgehead atoms. The fourth-order valence-electron chi connectivity index (χ4n) is 3.10. The van der Waals surface area contributed by atoms with Crippen molar-refractivity contribution in [1.29, 1.82) is 0 Å².